The number of aromatic nitrogens is 2. The van der Waals surface area contributed by atoms with E-state index in [1.807, 2.05) is 24.3 Å². The lowest BCUT2D eigenvalue weighted by Crippen LogP contribution is -2.39. The van der Waals surface area contributed by atoms with Gasteiger partial charge in [0.2, 0.25) is 0 Å². The van der Waals surface area contributed by atoms with E-state index in [1.54, 1.807) is 24.4 Å². The van der Waals surface area contributed by atoms with Gasteiger partial charge in [0.1, 0.15) is 11.5 Å². The van der Waals surface area contributed by atoms with Crippen LogP contribution in [0.2, 0.25) is 0 Å². The van der Waals surface area contributed by atoms with Crippen LogP contribution in [0.4, 0.5) is 10.1 Å². The summed E-state index contributed by atoms with van der Waals surface area (Å²) < 4.78 is 15.0. The summed E-state index contributed by atoms with van der Waals surface area (Å²) in [5.41, 5.74) is 5.58. The second kappa shape index (κ2) is 11.1. The van der Waals surface area contributed by atoms with Crippen molar-refractivity contribution in [3.8, 4) is 17.2 Å². The molecule has 0 amide bonds. The number of pyridine rings is 1. The van der Waals surface area contributed by atoms with E-state index in [0.29, 0.717) is 30.1 Å². The minimum absolute atomic E-state index is 0.223. The molecule has 0 bridgehead atoms. The van der Waals surface area contributed by atoms with Crippen molar-refractivity contribution in [2.24, 2.45) is 0 Å². The molecule has 37 heavy (non-hydrogen) atoms. The Hall–Kier alpha value is -3.77. The number of anilines is 1. The Morgan fingerprint density at radius 3 is 2.62 bits per heavy atom. The smallest absolute Gasteiger partial charge is 0.138 e. The summed E-state index contributed by atoms with van der Waals surface area (Å²) in [6.07, 6.45) is 2.86. The summed E-state index contributed by atoms with van der Waals surface area (Å²) in [5.74, 6) is 0.0322. The molecular formula is C29H30FN5O2. The molecular weight excluding hydrogens is 469 g/mol. The first-order chi connectivity index (χ1) is 18.0. The van der Waals surface area contributed by atoms with Gasteiger partial charge in [-0.05, 0) is 79.5 Å². The Balaban J connectivity index is 1.34. The van der Waals surface area contributed by atoms with Gasteiger partial charge < -0.3 is 25.4 Å². The molecule has 1 aliphatic rings. The number of H-pyrrole nitrogens is 1. The number of aliphatic hydroxyl groups excluding tert-OH is 2. The van der Waals surface area contributed by atoms with Gasteiger partial charge >= 0.3 is 0 Å². The van der Waals surface area contributed by atoms with Crippen molar-refractivity contribution in [3.63, 3.8) is 0 Å². The van der Waals surface area contributed by atoms with Gasteiger partial charge in [-0.15, -0.1) is 0 Å². The molecule has 2 aromatic carbocycles. The highest BCUT2D eigenvalue weighted by molar-refractivity contribution is 5.94. The van der Waals surface area contributed by atoms with Crippen molar-refractivity contribution < 1.29 is 14.6 Å². The number of fused-ring (bicyclic) bond motifs is 1. The molecule has 190 valence electrons. The fourth-order valence-electron chi connectivity index (χ4n) is 5.03. The fraction of sp³-hybridized carbons (Fsp3) is 0.310. The van der Waals surface area contributed by atoms with E-state index in [-0.39, 0.29) is 12.4 Å². The van der Waals surface area contributed by atoms with E-state index < -0.39 is 6.10 Å². The standard InChI is InChI=1S/C29H30FN5O2/c30-27-6-5-22(33-16-20-3-1-19(15-31)2-4-20)13-25(27)24-7-10-32-29-26(24)14-28(34-29)21-8-11-35(12-9-21)17-23(37)18-36/h1-7,10,13-14,21,23,33,36-37H,8-9,11-12,16-18H2,(H,32,34). The van der Waals surface area contributed by atoms with Crippen LogP contribution in [0.5, 0.6) is 0 Å². The van der Waals surface area contributed by atoms with Crippen LogP contribution in [0.3, 0.4) is 0 Å². The Morgan fingerprint density at radius 2 is 1.89 bits per heavy atom. The lowest BCUT2D eigenvalue weighted by atomic mass is 9.93. The van der Waals surface area contributed by atoms with E-state index in [0.717, 1.165) is 59.5 Å². The molecule has 4 N–H and O–H groups in total. The number of β-amino-alcohol motifs (C(OH)–C–C–N with tert-alkyl or cyclic N) is 1. The topological polar surface area (TPSA) is 108 Å². The first-order valence-electron chi connectivity index (χ1n) is 12.6. The van der Waals surface area contributed by atoms with Crippen molar-refractivity contribution in [2.45, 2.75) is 31.4 Å². The first-order valence-corrected chi connectivity index (χ1v) is 12.6. The number of nitrogens with one attached hydrogen (secondary N) is 2. The highest BCUT2D eigenvalue weighted by Gasteiger charge is 2.24. The number of nitriles is 1. The maximum atomic E-state index is 15.0. The van der Waals surface area contributed by atoms with Crippen molar-refractivity contribution in [1.82, 2.24) is 14.9 Å². The summed E-state index contributed by atoms with van der Waals surface area (Å²) in [7, 11) is 0. The van der Waals surface area contributed by atoms with Gasteiger partial charge in [0.25, 0.3) is 0 Å². The van der Waals surface area contributed by atoms with E-state index in [4.69, 9.17) is 10.4 Å². The van der Waals surface area contributed by atoms with Gasteiger partial charge in [0.15, 0.2) is 0 Å². The van der Waals surface area contributed by atoms with Crippen molar-refractivity contribution in [3.05, 3.63) is 83.4 Å². The molecule has 0 saturated carbocycles. The molecule has 0 radical (unpaired) electrons. The minimum Gasteiger partial charge on any atom is -0.394 e. The van der Waals surface area contributed by atoms with Crippen LogP contribution in [-0.4, -0.2) is 57.4 Å². The molecule has 1 aliphatic heterocycles. The predicted octanol–water partition coefficient (Wildman–Crippen LogP) is 4.39. The Labute approximate surface area is 215 Å². The number of nitrogens with zero attached hydrogens (tertiary/aromatic N) is 3. The van der Waals surface area contributed by atoms with Crippen LogP contribution in [0.15, 0.2) is 60.8 Å². The predicted molar refractivity (Wildman–Crippen MR) is 141 cm³/mol. The Morgan fingerprint density at radius 1 is 1.11 bits per heavy atom. The molecule has 1 atom stereocenters. The number of hydrogen-bond acceptors (Lipinski definition) is 6. The molecule has 2 aromatic heterocycles. The van der Waals surface area contributed by atoms with Crippen LogP contribution < -0.4 is 5.32 Å². The van der Waals surface area contributed by atoms with Gasteiger partial charge in [-0.2, -0.15) is 5.26 Å². The number of piperidine rings is 1. The van der Waals surface area contributed by atoms with E-state index in [1.165, 1.54) is 6.07 Å². The SMILES string of the molecule is N#Cc1ccc(CNc2ccc(F)c(-c3ccnc4[nH]c(C5CCN(CC(O)CO)CC5)cc34)c2)cc1. The number of halogens is 1. The summed E-state index contributed by atoms with van der Waals surface area (Å²) in [4.78, 5) is 10.1. The highest BCUT2D eigenvalue weighted by atomic mass is 19.1. The van der Waals surface area contributed by atoms with Crippen molar-refractivity contribution in [1.29, 1.82) is 5.26 Å². The van der Waals surface area contributed by atoms with Crippen LogP contribution in [0, 0.1) is 17.1 Å². The van der Waals surface area contributed by atoms with Crippen molar-refractivity contribution >= 4 is 16.7 Å². The lowest BCUT2D eigenvalue weighted by molar-refractivity contribution is 0.0512. The highest BCUT2D eigenvalue weighted by Crippen LogP contribution is 2.35. The molecule has 0 spiro atoms. The fourth-order valence-corrected chi connectivity index (χ4v) is 5.03. The van der Waals surface area contributed by atoms with Gasteiger partial charge in [0.05, 0.1) is 24.3 Å². The largest absolute Gasteiger partial charge is 0.394 e. The second-order valence-electron chi connectivity index (χ2n) is 9.61. The van der Waals surface area contributed by atoms with E-state index in [9.17, 15) is 5.11 Å². The third kappa shape index (κ3) is 5.65. The molecule has 1 fully saturated rings. The molecule has 1 saturated heterocycles. The second-order valence-corrected chi connectivity index (χ2v) is 9.61. The minimum atomic E-state index is -0.708. The average molecular weight is 500 g/mol. The molecule has 3 heterocycles. The number of aromatic amines is 1. The van der Waals surface area contributed by atoms with Gasteiger partial charge in [0, 0.05) is 47.5 Å². The zero-order valence-corrected chi connectivity index (χ0v) is 20.5. The Bertz CT molecular complexity index is 1400. The van der Waals surface area contributed by atoms with E-state index in [2.05, 4.69) is 32.3 Å². The number of hydrogen-bond donors (Lipinski definition) is 4. The number of aliphatic hydroxyl groups is 2. The summed E-state index contributed by atoms with van der Waals surface area (Å²) in [5, 5.41) is 32.0. The maximum Gasteiger partial charge on any atom is 0.138 e. The number of benzene rings is 2. The van der Waals surface area contributed by atoms with Crippen LogP contribution in [0.25, 0.3) is 22.2 Å². The van der Waals surface area contributed by atoms with Crippen LogP contribution >= 0.6 is 0 Å². The normalized spacial score (nSPS) is 15.5. The van der Waals surface area contributed by atoms with Crippen LogP contribution in [0.1, 0.15) is 35.6 Å². The molecule has 8 heteroatoms. The van der Waals surface area contributed by atoms with Crippen LogP contribution in [-0.2, 0) is 6.54 Å². The average Bonchev–Trinajstić information content (AvgIpc) is 3.38. The first kappa shape index (κ1) is 24.9. The molecule has 7 nitrogen and oxygen atoms in total. The summed E-state index contributed by atoms with van der Waals surface area (Å²) in [6, 6.07) is 18.5. The monoisotopic (exact) mass is 499 g/mol. The molecule has 0 aliphatic carbocycles. The van der Waals surface area contributed by atoms with E-state index >= 15 is 4.39 Å². The summed E-state index contributed by atoms with van der Waals surface area (Å²) in [6.45, 7) is 2.51. The number of rotatable bonds is 8. The lowest BCUT2D eigenvalue weighted by Gasteiger charge is -2.32. The zero-order valence-electron chi connectivity index (χ0n) is 20.5. The molecule has 5 rings (SSSR count). The van der Waals surface area contributed by atoms with Crippen molar-refractivity contribution in [2.75, 3.05) is 31.6 Å². The molecule has 1 unspecified atom stereocenters. The number of likely N-dealkylation sites (tertiary alicyclic amines) is 1. The summed E-state index contributed by atoms with van der Waals surface area (Å²) >= 11 is 0. The third-order valence-electron chi connectivity index (χ3n) is 7.10. The van der Waals surface area contributed by atoms with Gasteiger partial charge in [-0.3, -0.25) is 0 Å². The molecule has 4 aromatic rings. The van der Waals surface area contributed by atoms with Gasteiger partial charge in [-0.1, -0.05) is 12.1 Å². The maximum absolute atomic E-state index is 15.0. The zero-order chi connectivity index (χ0) is 25.8. The third-order valence-corrected chi connectivity index (χ3v) is 7.10. The Kier molecular flexibility index (Phi) is 7.47. The van der Waals surface area contributed by atoms with Gasteiger partial charge in [-0.25, -0.2) is 9.37 Å². The quantitative estimate of drug-likeness (QED) is 0.287.